The zero-order chi connectivity index (χ0) is 27.7. The highest BCUT2D eigenvalue weighted by Crippen LogP contribution is 2.21. The number of carbonyl (C=O) groups is 4. The first kappa shape index (κ1) is 28.2. The van der Waals surface area contributed by atoms with Gasteiger partial charge in [0.2, 0.25) is 5.91 Å². The van der Waals surface area contributed by atoms with Crippen molar-refractivity contribution in [3.05, 3.63) is 54.2 Å². The molecule has 2 aromatic rings. The summed E-state index contributed by atoms with van der Waals surface area (Å²) in [5, 5.41) is 27.0. The molecule has 0 radical (unpaired) electrons. The van der Waals surface area contributed by atoms with E-state index in [0.717, 1.165) is 0 Å². The van der Waals surface area contributed by atoms with E-state index in [1.54, 1.807) is 61.6 Å². The third-order valence-corrected chi connectivity index (χ3v) is 5.99. The Kier molecular flexibility index (Phi) is 9.82. The normalized spacial score (nSPS) is 17.4. The molecule has 3 unspecified atom stereocenters. The van der Waals surface area contributed by atoms with Gasteiger partial charge in [-0.25, -0.2) is 14.6 Å². The van der Waals surface area contributed by atoms with Crippen LogP contribution in [0.15, 0.2) is 48.7 Å². The number of hydrogen-bond acceptors (Lipinski definition) is 8. The van der Waals surface area contributed by atoms with E-state index in [9.17, 15) is 29.4 Å². The zero-order valence-corrected chi connectivity index (χ0v) is 21.2. The standard InChI is InChI=1S/C25H32N6O7/c1-30(2)20-8-4-3-7-18(20)23(33)29-19(24(34)35)13-28-22(32)15-38-17-11-16(31(14-17)25(36)37)12-27-21-9-5-6-10-26-21/h3-10,16-17,19H,11-15H2,1-2H3,(H,26,27)(H,28,32)(H,29,33)(H,34,35)(H,36,37). The number of nitrogens with one attached hydrogen (secondary N) is 3. The monoisotopic (exact) mass is 528 g/mol. The molecule has 1 saturated heterocycles. The van der Waals surface area contributed by atoms with E-state index in [1.807, 2.05) is 6.07 Å². The number of amides is 3. The summed E-state index contributed by atoms with van der Waals surface area (Å²) in [6.45, 7) is -0.319. The highest BCUT2D eigenvalue weighted by atomic mass is 16.5. The Bertz CT molecular complexity index is 1130. The zero-order valence-electron chi connectivity index (χ0n) is 21.2. The van der Waals surface area contributed by atoms with Gasteiger partial charge in [0.15, 0.2) is 0 Å². The Morgan fingerprint density at radius 3 is 2.53 bits per heavy atom. The van der Waals surface area contributed by atoms with Crippen molar-refractivity contribution in [3.8, 4) is 0 Å². The first-order valence-corrected chi connectivity index (χ1v) is 12.0. The molecule has 1 aromatic heterocycles. The smallest absolute Gasteiger partial charge is 0.407 e. The van der Waals surface area contributed by atoms with Gasteiger partial charge in [0.05, 0.1) is 24.3 Å². The Hall–Kier alpha value is -4.39. The van der Waals surface area contributed by atoms with Crippen molar-refractivity contribution in [1.82, 2.24) is 20.5 Å². The van der Waals surface area contributed by atoms with Crippen LogP contribution in [0.5, 0.6) is 0 Å². The van der Waals surface area contributed by atoms with Gasteiger partial charge < -0.3 is 40.7 Å². The number of aliphatic carboxylic acids is 1. The van der Waals surface area contributed by atoms with Gasteiger partial charge in [0.25, 0.3) is 5.91 Å². The number of hydrogen-bond donors (Lipinski definition) is 5. The number of carbonyl (C=O) groups excluding carboxylic acids is 2. The summed E-state index contributed by atoms with van der Waals surface area (Å²) in [6.07, 6.45) is 0.395. The van der Waals surface area contributed by atoms with E-state index in [0.29, 0.717) is 30.0 Å². The summed E-state index contributed by atoms with van der Waals surface area (Å²) in [4.78, 5) is 55.5. The molecule has 38 heavy (non-hydrogen) atoms. The number of pyridine rings is 1. The lowest BCUT2D eigenvalue weighted by Crippen LogP contribution is -2.49. The third kappa shape index (κ3) is 7.80. The van der Waals surface area contributed by atoms with Crippen molar-refractivity contribution >= 4 is 35.4 Å². The van der Waals surface area contributed by atoms with Crippen LogP contribution in [0.1, 0.15) is 16.8 Å². The second-order valence-corrected chi connectivity index (χ2v) is 8.93. The van der Waals surface area contributed by atoms with Gasteiger partial charge in [0.1, 0.15) is 18.5 Å². The summed E-state index contributed by atoms with van der Waals surface area (Å²) in [7, 11) is 3.53. The lowest BCUT2D eigenvalue weighted by atomic mass is 10.1. The maximum atomic E-state index is 12.7. The molecule has 0 aliphatic carbocycles. The summed E-state index contributed by atoms with van der Waals surface area (Å²) in [5.74, 6) is -1.86. The predicted octanol–water partition coefficient (Wildman–Crippen LogP) is 0.696. The molecule has 3 atom stereocenters. The highest BCUT2D eigenvalue weighted by Gasteiger charge is 2.36. The second-order valence-electron chi connectivity index (χ2n) is 8.93. The first-order chi connectivity index (χ1) is 18.2. The van der Waals surface area contributed by atoms with Crippen LogP contribution in [-0.2, 0) is 14.3 Å². The average Bonchev–Trinajstić information content (AvgIpc) is 3.32. The summed E-state index contributed by atoms with van der Waals surface area (Å²) >= 11 is 0. The molecule has 13 nitrogen and oxygen atoms in total. The number of likely N-dealkylation sites (tertiary alicyclic amines) is 1. The van der Waals surface area contributed by atoms with E-state index in [1.165, 1.54) is 4.90 Å². The fourth-order valence-corrected chi connectivity index (χ4v) is 4.06. The summed E-state index contributed by atoms with van der Waals surface area (Å²) < 4.78 is 5.61. The fraction of sp³-hybridized carbons (Fsp3) is 0.400. The Labute approximate surface area is 219 Å². The number of carboxylic acid groups (broad SMARTS) is 2. The van der Waals surface area contributed by atoms with E-state index in [2.05, 4.69) is 20.9 Å². The number of ether oxygens (including phenoxy) is 1. The van der Waals surface area contributed by atoms with Gasteiger partial charge in [0, 0.05) is 39.1 Å². The molecule has 204 valence electrons. The molecule has 1 aromatic carbocycles. The Morgan fingerprint density at radius 1 is 1.13 bits per heavy atom. The molecule has 3 amide bonds. The maximum Gasteiger partial charge on any atom is 0.407 e. The molecule has 13 heteroatoms. The Morgan fingerprint density at radius 2 is 1.87 bits per heavy atom. The molecule has 1 aliphatic rings. The van der Waals surface area contributed by atoms with Gasteiger partial charge in [-0.2, -0.15) is 0 Å². The molecule has 0 spiro atoms. The highest BCUT2D eigenvalue weighted by molar-refractivity contribution is 6.01. The van der Waals surface area contributed by atoms with Crippen LogP contribution < -0.4 is 20.9 Å². The fourth-order valence-electron chi connectivity index (χ4n) is 4.06. The van der Waals surface area contributed by atoms with Gasteiger partial charge in [-0.05, 0) is 30.7 Å². The van der Waals surface area contributed by atoms with Crippen molar-refractivity contribution < 1.29 is 34.1 Å². The third-order valence-electron chi connectivity index (χ3n) is 5.99. The average molecular weight is 529 g/mol. The summed E-state index contributed by atoms with van der Waals surface area (Å²) in [5.41, 5.74) is 0.918. The number of para-hydroxylation sites is 1. The summed E-state index contributed by atoms with van der Waals surface area (Å²) in [6, 6.07) is 10.4. The van der Waals surface area contributed by atoms with Gasteiger partial charge in [-0.1, -0.05) is 18.2 Å². The van der Waals surface area contributed by atoms with Crippen molar-refractivity contribution in [2.45, 2.75) is 24.6 Å². The molecule has 3 rings (SSSR count). The van der Waals surface area contributed by atoms with Gasteiger partial charge in [-0.15, -0.1) is 0 Å². The molecular weight excluding hydrogens is 496 g/mol. The van der Waals surface area contributed by atoms with Gasteiger partial charge >= 0.3 is 12.1 Å². The molecule has 0 bridgehead atoms. The first-order valence-electron chi connectivity index (χ1n) is 12.0. The van der Waals surface area contributed by atoms with Crippen LogP contribution in [0.4, 0.5) is 16.3 Å². The number of benzene rings is 1. The van der Waals surface area contributed by atoms with Crippen LogP contribution in [0.2, 0.25) is 0 Å². The molecule has 2 heterocycles. The maximum absolute atomic E-state index is 12.7. The minimum absolute atomic E-state index is 0.0935. The molecule has 5 N–H and O–H groups in total. The van der Waals surface area contributed by atoms with Gasteiger partial charge in [-0.3, -0.25) is 9.59 Å². The lowest BCUT2D eigenvalue weighted by Gasteiger charge is -2.21. The van der Waals surface area contributed by atoms with Crippen molar-refractivity contribution in [3.63, 3.8) is 0 Å². The SMILES string of the molecule is CN(C)c1ccccc1C(=O)NC(CNC(=O)COC1CC(CNc2ccccn2)N(C(=O)O)C1)C(=O)O. The Balaban J connectivity index is 1.48. The van der Waals surface area contributed by atoms with E-state index in [4.69, 9.17) is 4.74 Å². The largest absolute Gasteiger partial charge is 0.480 e. The minimum atomic E-state index is -1.36. The topological polar surface area (TPSA) is 173 Å². The van der Waals surface area contributed by atoms with Crippen LogP contribution in [-0.4, -0.2) is 102 Å². The lowest BCUT2D eigenvalue weighted by molar-refractivity contribution is -0.139. The molecular formula is C25H32N6O7. The van der Waals surface area contributed by atoms with Crippen LogP contribution in [0, 0.1) is 0 Å². The van der Waals surface area contributed by atoms with Crippen LogP contribution in [0.25, 0.3) is 0 Å². The van der Waals surface area contributed by atoms with E-state index in [-0.39, 0.29) is 25.7 Å². The van der Waals surface area contributed by atoms with Crippen molar-refractivity contribution in [2.75, 3.05) is 50.6 Å². The number of aromatic nitrogens is 1. The van der Waals surface area contributed by atoms with Crippen molar-refractivity contribution in [1.29, 1.82) is 0 Å². The molecule has 1 aliphatic heterocycles. The number of nitrogens with zero attached hydrogens (tertiary/aromatic N) is 3. The minimum Gasteiger partial charge on any atom is -0.480 e. The van der Waals surface area contributed by atoms with Crippen LogP contribution in [0.3, 0.4) is 0 Å². The number of carboxylic acids is 1. The molecule has 0 saturated carbocycles. The molecule has 1 fully saturated rings. The predicted molar refractivity (Wildman–Crippen MR) is 138 cm³/mol. The second kappa shape index (κ2) is 13.2. The van der Waals surface area contributed by atoms with Crippen LogP contribution >= 0.6 is 0 Å². The van der Waals surface area contributed by atoms with E-state index >= 15 is 0 Å². The number of anilines is 2. The quantitative estimate of drug-likeness (QED) is 0.264. The number of rotatable bonds is 12. The van der Waals surface area contributed by atoms with Crippen molar-refractivity contribution in [2.24, 2.45) is 0 Å². The van der Waals surface area contributed by atoms with E-state index < -0.39 is 36.0 Å².